The lowest BCUT2D eigenvalue weighted by molar-refractivity contribution is -0.133. The molecule has 2 aromatic rings. The SMILES string of the molecule is COc1cc2c(cc1OC)CN(C(=O)CN(C)Cc1ccc(C(C)(C)C)cc1)CC2. The van der Waals surface area contributed by atoms with Crippen LogP contribution < -0.4 is 9.47 Å². The second kappa shape index (κ2) is 9.09. The molecule has 0 radical (unpaired) electrons. The topological polar surface area (TPSA) is 42.0 Å². The summed E-state index contributed by atoms with van der Waals surface area (Å²) in [6.07, 6.45) is 0.833. The number of rotatable bonds is 6. The van der Waals surface area contributed by atoms with Gasteiger partial charge in [-0.25, -0.2) is 0 Å². The van der Waals surface area contributed by atoms with Gasteiger partial charge in [-0.05, 0) is 53.3 Å². The number of ether oxygens (including phenoxy) is 2. The first-order chi connectivity index (χ1) is 14.2. The Morgan fingerprint density at radius 1 is 1.03 bits per heavy atom. The Morgan fingerprint density at radius 3 is 2.20 bits per heavy atom. The largest absolute Gasteiger partial charge is 0.493 e. The minimum Gasteiger partial charge on any atom is -0.493 e. The van der Waals surface area contributed by atoms with E-state index in [0.29, 0.717) is 18.8 Å². The smallest absolute Gasteiger partial charge is 0.237 e. The van der Waals surface area contributed by atoms with Crippen molar-refractivity contribution >= 4 is 5.91 Å². The lowest BCUT2D eigenvalue weighted by Gasteiger charge is -2.31. The number of carbonyl (C=O) groups is 1. The van der Waals surface area contributed by atoms with Gasteiger partial charge in [0.1, 0.15) is 0 Å². The van der Waals surface area contributed by atoms with Gasteiger partial charge in [0, 0.05) is 19.6 Å². The number of amides is 1. The van der Waals surface area contributed by atoms with Crippen molar-refractivity contribution in [3.8, 4) is 11.5 Å². The van der Waals surface area contributed by atoms with Gasteiger partial charge >= 0.3 is 0 Å². The predicted octanol–water partition coefficient (Wildman–Crippen LogP) is 4.02. The van der Waals surface area contributed by atoms with Gasteiger partial charge in [0.25, 0.3) is 0 Å². The molecule has 162 valence electrons. The molecule has 0 atom stereocenters. The van der Waals surface area contributed by atoms with Crippen LogP contribution in [0.3, 0.4) is 0 Å². The zero-order valence-corrected chi connectivity index (χ0v) is 19.1. The second-order valence-corrected chi connectivity index (χ2v) is 9.16. The van der Waals surface area contributed by atoms with E-state index in [1.807, 2.05) is 24.1 Å². The van der Waals surface area contributed by atoms with Crippen LogP contribution in [0.4, 0.5) is 0 Å². The molecule has 5 nitrogen and oxygen atoms in total. The number of carbonyl (C=O) groups excluding carboxylic acids is 1. The third-order valence-corrected chi connectivity index (χ3v) is 5.75. The Bertz CT molecular complexity index is 885. The molecule has 0 saturated carbocycles. The Balaban J connectivity index is 1.60. The average Bonchev–Trinajstić information content (AvgIpc) is 2.71. The molecule has 0 aromatic heterocycles. The molecule has 0 bridgehead atoms. The summed E-state index contributed by atoms with van der Waals surface area (Å²) in [5.74, 6) is 1.61. The quantitative estimate of drug-likeness (QED) is 0.721. The van der Waals surface area contributed by atoms with E-state index in [-0.39, 0.29) is 11.3 Å². The van der Waals surface area contributed by atoms with E-state index in [2.05, 4.69) is 49.9 Å². The summed E-state index contributed by atoms with van der Waals surface area (Å²) in [7, 11) is 5.29. The Labute approximate surface area is 180 Å². The first-order valence-corrected chi connectivity index (χ1v) is 10.5. The van der Waals surface area contributed by atoms with Crippen LogP contribution in [0.15, 0.2) is 36.4 Å². The van der Waals surface area contributed by atoms with Crippen LogP contribution in [0.5, 0.6) is 11.5 Å². The molecule has 0 spiro atoms. The normalized spacial score (nSPS) is 13.9. The molecule has 0 saturated heterocycles. The Morgan fingerprint density at radius 2 is 1.63 bits per heavy atom. The van der Waals surface area contributed by atoms with E-state index in [1.165, 1.54) is 16.7 Å². The fraction of sp³-hybridized carbons (Fsp3) is 0.480. The molecule has 0 fully saturated rings. The molecule has 1 aliphatic heterocycles. The highest BCUT2D eigenvalue weighted by molar-refractivity contribution is 5.78. The van der Waals surface area contributed by atoms with Gasteiger partial charge in [-0.1, -0.05) is 45.0 Å². The third-order valence-electron chi connectivity index (χ3n) is 5.75. The van der Waals surface area contributed by atoms with E-state index in [4.69, 9.17) is 9.47 Å². The van der Waals surface area contributed by atoms with Crippen LogP contribution in [-0.2, 0) is 29.7 Å². The van der Waals surface area contributed by atoms with Gasteiger partial charge in [-0.2, -0.15) is 0 Å². The second-order valence-electron chi connectivity index (χ2n) is 9.16. The molecular weight excluding hydrogens is 376 g/mol. The number of likely N-dealkylation sites (N-methyl/N-ethyl adjacent to an activating group) is 1. The van der Waals surface area contributed by atoms with Crippen molar-refractivity contribution in [3.63, 3.8) is 0 Å². The summed E-state index contributed by atoms with van der Waals surface area (Å²) in [6, 6.07) is 12.7. The monoisotopic (exact) mass is 410 g/mol. The predicted molar refractivity (Wildman–Crippen MR) is 120 cm³/mol. The lowest BCUT2D eigenvalue weighted by Crippen LogP contribution is -2.41. The Hall–Kier alpha value is -2.53. The number of hydrogen-bond donors (Lipinski definition) is 0. The van der Waals surface area contributed by atoms with Crippen LogP contribution in [-0.4, -0.2) is 50.1 Å². The van der Waals surface area contributed by atoms with Crippen molar-refractivity contribution < 1.29 is 14.3 Å². The van der Waals surface area contributed by atoms with E-state index >= 15 is 0 Å². The molecular formula is C25H34N2O3. The minimum atomic E-state index is 0.150. The molecule has 2 aromatic carbocycles. The van der Waals surface area contributed by atoms with E-state index in [9.17, 15) is 4.79 Å². The minimum absolute atomic E-state index is 0.150. The van der Waals surface area contributed by atoms with Gasteiger partial charge in [-0.15, -0.1) is 0 Å². The van der Waals surface area contributed by atoms with Crippen molar-refractivity contribution in [1.82, 2.24) is 9.80 Å². The van der Waals surface area contributed by atoms with Crippen LogP contribution in [0.1, 0.15) is 43.0 Å². The highest BCUT2D eigenvalue weighted by Gasteiger charge is 2.23. The summed E-state index contributed by atoms with van der Waals surface area (Å²) in [5.41, 5.74) is 5.05. The first-order valence-electron chi connectivity index (χ1n) is 10.5. The van der Waals surface area contributed by atoms with Crippen LogP contribution in [0.25, 0.3) is 0 Å². The molecule has 30 heavy (non-hydrogen) atoms. The van der Waals surface area contributed by atoms with Gasteiger partial charge in [0.05, 0.1) is 20.8 Å². The van der Waals surface area contributed by atoms with Gasteiger partial charge in [-0.3, -0.25) is 9.69 Å². The fourth-order valence-electron chi connectivity index (χ4n) is 3.90. The highest BCUT2D eigenvalue weighted by Crippen LogP contribution is 2.33. The highest BCUT2D eigenvalue weighted by atomic mass is 16.5. The summed E-state index contributed by atoms with van der Waals surface area (Å²) in [4.78, 5) is 16.9. The number of benzene rings is 2. The van der Waals surface area contributed by atoms with Crippen molar-refractivity contribution in [2.75, 3.05) is 34.4 Å². The summed E-state index contributed by atoms with van der Waals surface area (Å²) in [6.45, 7) is 9.16. The maximum atomic E-state index is 12.9. The molecule has 1 heterocycles. The third kappa shape index (κ3) is 5.14. The van der Waals surface area contributed by atoms with Gasteiger partial charge in [0.2, 0.25) is 5.91 Å². The molecule has 3 rings (SSSR count). The molecule has 0 N–H and O–H groups in total. The number of nitrogens with zero attached hydrogens (tertiary/aromatic N) is 2. The molecule has 5 heteroatoms. The van der Waals surface area contributed by atoms with Gasteiger partial charge < -0.3 is 14.4 Å². The van der Waals surface area contributed by atoms with Gasteiger partial charge in [0.15, 0.2) is 11.5 Å². The van der Waals surface area contributed by atoms with Crippen molar-refractivity contribution in [1.29, 1.82) is 0 Å². The number of fused-ring (bicyclic) bond motifs is 1. The van der Waals surface area contributed by atoms with Crippen molar-refractivity contribution in [2.24, 2.45) is 0 Å². The molecule has 1 amide bonds. The maximum absolute atomic E-state index is 12.9. The van der Waals surface area contributed by atoms with Crippen LogP contribution in [0.2, 0.25) is 0 Å². The van der Waals surface area contributed by atoms with E-state index in [1.54, 1.807) is 14.2 Å². The van der Waals surface area contributed by atoms with Crippen LogP contribution in [0, 0.1) is 0 Å². The lowest BCUT2D eigenvalue weighted by atomic mass is 9.87. The standard InChI is InChI=1S/C25H34N2O3/c1-25(2,3)21-9-7-18(8-10-21)15-26(4)17-24(28)27-12-11-19-13-22(29-5)23(30-6)14-20(19)16-27/h7-10,13-14H,11-12,15-17H2,1-6H3. The van der Waals surface area contributed by atoms with E-state index < -0.39 is 0 Å². The van der Waals surface area contributed by atoms with Crippen molar-refractivity contribution in [2.45, 2.75) is 45.7 Å². The molecule has 0 aliphatic carbocycles. The molecule has 0 unspecified atom stereocenters. The Kier molecular flexibility index (Phi) is 6.71. The molecule has 1 aliphatic rings. The summed E-state index contributed by atoms with van der Waals surface area (Å²) >= 11 is 0. The zero-order chi connectivity index (χ0) is 21.9. The fourth-order valence-corrected chi connectivity index (χ4v) is 3.90. The summed E-state index contributed by atoms with van der Waals surface area (Å²) in [5, 5.41) is 0. The summed E-state index contributed by atoms with van der Waals surface area (Å²) < 4.78 is 10.8. The maximum Gasteiger partial charge on any atom is 0.237 e. The first kappa shape index (κ1) is 22.2. The average molecular weight is 411 g/mol. The van der Waals surface area contributed by atoms with E-state index in [0.717, 1.165) is 30.8 Å². The van der Waals surface area contributed by atoms with Crippen LogP contribution >= 0.6 is 0 Å². The van der Waals surface area contributed by atoms with Crippen molar-refractivity contribution in [3.05, 3.63) is 58.7 Å². The number of methoxy groups -OCH3 is 2. The number of hydrogen-bond acceptors (Lipinski definition) is 4. The zero-order valence-electron chi connectivity index (χ0n) is 19.1.